The lowest BCUT2D eigenvalue weighted by molar-refractivity contribution is -0.139. The zero-order chi connectivity index (χ0) is 11.3. The molecule has 1 atom stereocenters. The second kappa shape index (κ2) is 5.73. The van der Waals surface area contributed by atoms with Crippen molar-refractivity contribution in [3.8, 4) is 0 Å². The quantitative estimate of drug-likeness (QED) is 0.809. The van der Waals surface area contributed by atoms with Crippen LogP contribution in [-0.2, 0) is 11.2 Å². The van der Waals surface area contributed by atoms with Gasteiger partial charge < -0.3 is 10.4 Å². The van der Waals surface area contributed by atoms with Crippen LogP contribution in [0.5, 0.6) is 0 Å². The first-order chi connectivity index (χ1) is 7.13. The molecule has 3 nitrogen and oxygen atoms in total. The van der Waals surface area contributed by atoms with Crippen molar-refractivity contribution in [2.75, 3.05) is 7.05 Å². The van der Waals surface area contributed by atoms with E-state index in [4.69, 9.17) is 16.7 Å². The second-order valence-electron chi connectivity index (χ2n) is 3.34. The molecule has 1 rings (SSSR count). The Bertz CT molecular complexity index is 324. The molecule has 4 heteroatoms. The van der Waals surface area contributed by atoms with E-state index in [9.17, 15) is 4.79 Å². The van der Waals surface area contributed by atoms with Crippen LogP contribution in [0.2, 0.25) is 5.02 Å². The molecule has 0 aromatic heterocycles. The lowest BCUT2D eigenvalue weighted by Gasteiger charge is -2.10. The summed E-state index contributed by atoms with van der Waals surface area (Å²) in [6.45, 7) is 0. The summed E-state index contributed by atoms with van der Waals surface area (Å²) in [6.07, 6.45) is 1.31. The van der Waals surface area contributed by atoms with E-state index in [-0.39, 0.29) is 0 Å². The van der Waals surface area contributed by atoms with E-state index in [0.29, 0.717) is 11.4 Å². The average Bonchev–Trinajstić information content (AvgIpc) is 2.21. The summed E-state index contributed by atoms with van der Waals surface area (Å²) in [5.41, 5.74) is 1.10. The smallest absolute Gasteiger partial charge is 0.320 e. The van der Waals surface area contributed by atoms with Gasteiger partial charge in [0.25, 0.3) is 0 Å². The third-order valence-electron chi connectivity index (χ3n) is 2.28. The Labute approximate surface area is 94.1 Å². The van der Waals surface area contributed by atoms with Gasteiger partial charge in [0.05, 0.1) is 0 Å². The highest BCUT2D eigenvalue weighted by molar-refractivity contribution is 6.30. The van der Waals surface area contributed by atoms with E-state index >= 15 is 0 Å². The van der Waals surface area contributed by atoms with Gasteiger partial charge in [0.1, 0.15) is 6.04 Å². The van der Waals surface area contributed by atoms with E-state index in [1.165, 1.54) is 0 Å². The Morgan fingerprint density at radius 1 is 1.47 bits per heavy atom. The van der Waals surface area contributed by atoms with Crippen molar-refractivity contribution < 1.29 is 9.90 Å². The first kappa shape index (κ1) is 12.0. The van der Waals surface area contributed by atoms with Crippen LogP contribution < -0.4 is 5.32 Å². The molecule has 0 bridgehead atoms. The van der Waals surface area contributed by atoms with E-state index in [1.54, 1.807) is 7.05 Å². The number of aliphatic carboxylic acids is 1. The van der Waals surface area contributed by atoms with Crippen LogP contribution in [0.4, 0.5) is 0 Å². The molecule has 0 amide bonds. The number of carbonyl (C=O) groups is 1. The maximum absolute atomic E-state index is 10.7. The molecule has 0 saturated carbocycles. The van der Waals surface area contributed by atoms with Gasteiger partial charge in [0.15, 0.2) is 0 Å². The summed E-state index contributed by atoms with van der Waals surface area (Å²) < 4.78 is 0. The number of rotatable bonds is 5. The summed E-state index contributed by atoms with van der Waals surface area (Å²) >= 11 is 5.75. The maximum atomic E-state index is 10.7. The molecular weight excluding hydrogens is 214 g/mol. The van der Waals surface area contributed by atoms with Crippen LogP contribution >= 0.6 is 11.6 Å². The molecule has 82 valence electrons. The molecule has 0 aliphatic heterocycles. The molecule has 0 saturated heterocycles. The fraction of sp³-hybridized carbons (Fsp3) is 0.364. The minimum Gasteiger partial charge on any atom is -0.480 e. The third kappa shape index (κ3) is 3.90. The fourth-order valence-electron chi connectivity index (χ4n) is 1.35. The largest absolute Gasteiger partial charge is 0.480 e. The number of nitrogens with one attached hydrogen (secondary N) is 1. The Morgan fingerprint density at radius 2 is 2.07 bits per heavy atom. The van der Waals surface area contributed by atoms with Gasteiger partial charge in [-0.1, -0.05) is 23.7 Å². The number of hydrogen-bond acceptors (Lipinski definition) is 2. The highest BCUT2D eigenvalue weighted by atomic mass is 35.5. The highest BCUT2D eigenvalue weighted by Gasteiger charge is 2.13. The monoisotopic (exact) mass is 227 g/mol. The predicted molar refractivity (Wildman–Crippen MR) is 60.3 cm³/mol. The van der Waals surface area contributed by atoms with E-state index in [1.807, 2.05) is 24.3 Å². The summed E-state index contributed by atoms with van der Waals surface area (Å²) in [5.74, 6) is -0.813. The molecule has 0 aliphatic carbocycles. The summed E-state index contributed by atoms with van der Waals surface area (Å²) in [7, 11) is 1.65. The van der Waals surface area contributed by atoms with Crippen molar-refractivity contribution in [1.82, 2.24) is 5.32 Å². The standard InChI is InChI=1S/C11H14ClNO2/c1-13-10(11(14)15)7-4-8-2-5-9(12)6-3-8/h2-3,5-6,10,13H,4,7H2,1H3,(H,14,15). The summed E-state index contributed by atoms with van der Waals surface area (Å²) in [5, 5.41) is 12.3. The topological polar surface area (TPSA) is 49.3 Å². The Hall–Kier alpha value is -1.06. The van der Waals surface area contributed by atoms with Gasteiger partial charge in [0, 0.05) is 5.02 Å². The number of likely N-dealkylation sites (N-methyl/N-ethyl adjacent to an activating group) is 1. The lowest BCUT2D eigenvalue weighted by atomic mass is 10.1. The molecule has 0 aliphatic rings. The SMILES string of the molecule is CNC(CCc1ccc(Cl)cc1)C(=O)O. The van der Waals surface area contributed by atoms with E-state index in [2.05, 4.69) is 5.32 Å². The Kier molecular flexibility index (Phi) is 4.59. The normalized spacial score (nSPS) is 12.4. The van der Waals surface area contributed by atoms with Gasteiger partial charge in [-0.15, -0.1) is 0 Å². The van der Waals surface area contributed by atoms with Crippen molar-refractivity contribution in [2.45, 2.75) is 18.9 Å². The summed E-state index contributed by atoms with van der Waals surface area (Å²) in [4.78, 5) is 10.7. The summed E-state index contributed by atoms with van der Waals surface area (Å²) in [6, 6.07) is 6.96. The first-order valence-corrected chi connectivity index (χ1v) is 5.16. The zero-order valence-corrected chi connectivity index (χ0v) is 9.29. The fourth-order valence-corrected chi connectivity index (χ4v) is 1.48. The van der Waals surface area contributed by atoms with Crippen LogP contribution in [0.15, 0.2) is 24.3 Å². The first-order valence-electron chi connectivity index (χ1n) is 4.78. The van der Waals surface area contributed by atoms with Gasteiger partial charge in [-0.05, 0) is 37.6 Å². The van der Waals surface area contributed by atoms with Gasteiger partial charge in [-0.25, -0.2) is 0 Å². The molecule has 1 unspecified atom stereocenters. The third-order valence-corrected chi connectivity index (χ3v) is 2.53. The van der Waals surface area contributed by atoms with Gasteiger partial charge in [-0.2, -0.15) is 0 Å². The number of carboxylic acid groups (broad SMARTS) is 1. The van der Waals surface area contributed by atoms with Gasteiger partial charge in [0.2, 0.25) is 0 Å². The van der Waals surface area contributed by atoms with Crippen LogP contribution in [0.25, 0.3) is 0 Å². The van der Waals surface area contributed by atoms with Gasteiger partial charge >= 0.3 is 5.97 Å². The second-order valence-corrected chi connectivity index (χ2v) is 3.78. The molecule has 2 N–H and O–H groups in total. The zero-order valence-electron chi connectivity index (χ0n) is 8.53. The number of aryl methyl sites for hydroxylation is 1. The van der Waals surface area contributed by atoms with Crippen molar-refractivity contribution in [3.63, 3.8) is 0 Å². The maximum Gasteiger partial charge on any atom is 0.320 e. The number of benzene rings is 1. The molecule has 0 radical (unpaired) electrons. The van der Waals surface area contributed by atoms with Crippen molar-refractivity contribution >= 4 is 17.6 Å². The van der Waals surface area contributed by atoms with Crippen LogP contribution in [-0.4, -0.2) is 24.2 Å². The average molecular weight is 228 g/mol. The number of hydrogen-bond donors (Lipinski definition) is 2. The Balaban J connectivity index is 2.49. The van der Waals surface area contributed by atoms with Crippen LogP contribution in [0, 0.1) is 0 Å². The molecule has 0 spiro atoms. The van der Waals surface area contributed by atoms with Crippen molar-refractivity contribution in [2.24, 2.45) is 0 Å². The molecule has 15 heavy (non-hydrogen) atoms. The minimum absolute atomic E-state index is 0.485. The van der Waals surface area contributed by atoms with Gasteiger partial charge in [-0.3, -0.25) is 4.79 Å². The molecule has 1 aromatic carbocycles. The van der Waals surface area contributed by atoms with Crippen molar-refractivity contribution in [3.05, 3.63) is 34.9 Å². The van der Waals surface area contributed by atoms with Crippen molar-refractivity contribution in [1.29, 1.82) is 0 Å². The molecule has 0 fully saturated rings. The predicted octanol–water partition coefficient (Wildman–Crippen LogP) is 1.95. The van der Waals surface area contributed by atoms with Crippen LogP contribution in [0.3, 0.4) is 0 Å². The van der Waals surface area contributed by atoms with E-state index < -0.39 is 12.0 Å². The lowest BCUT2D eigenvalue weighted by Crippen LogP contribution is -2.34. The minimum atomic E-state index is -0.813. The molecule has 0 heterocycles. The molecular formula is C11H14ClNO2. The van der Waals surface area contributed by atoms with E-state index in [0.717, 1.165) is 12.0 Å². The number of carboxylic acids is 1. The van der Waals surface area contributed by atoms with Crippen LogP contribution in [0.1, 0.15) is 12.0 Å². The highest BCUT2D eigenvalue weighted by Crippen LogP contribution is 2.11. The molecule has 1 aromatic rings. The Morgan fingerprint density at radius 3 is 2.53 bits per heavy atom. The number of halogens is 1.